The molecule has 11 heavy (non-hydrogen) atoms. The fourth-order valence-electron chi connectivity index (χ4n) is 0.697. The SMILES string of the molecule is Nc1ccccc1N[N+](=O)[O-]. The summed E-state index contributed by atoms with van der Waals surface area (Å²) < 4.78 is 0. The third-order valence-electron chi connectivity index (χ3n) is 1.17. The highest BCUT2D eigenvalue weighted by Crippen LogP contribution is 2.15. The normalized spacial score (nSPS) is 9.09. The first-order valence-corrected chi connectivity index (χ1v) is 2.95. The summed E-state index contributed by atoms with van der Waals surface area (Å²) in [6, 6.07) is 6.51. The van der Waals surface area contributed by atoms with Crippen LogP contribution in [0, 0.1) is 10.1 Å². The van der Waals surface area contributed by atoms with Crippen molar-refractivity contribution in [3.8, 4) is 0 Å². The standard InChI is InChI=1S/C6H7N3O2/c7-5-3-1-2-4-6(5)8-9(10)11/h1-4,8H,7H2. The van der Waals surface area contributed by atoms with Crippen LogP contribution in [-0.4, -0.2) is 5.03 Å². The van der Waals surface area contributed by atoms with Gasteiger partial charge in [-0.25, -0.2) is 10.1 Å². The van der Waals surface area contributed by atoms with Gasteiger partial charge in [0.25, 0.3) is 0 Å². The highest BCUT2D eigenvalue weighted by molar-refractivity contribution is 5.64. The molecule has 0 bridgehead atoms. The molecule has 0 aliphatic heterocycles. The number of nitrogen functional groups attached to an aromatic ring is 1. The van der Waals surface area contributed by atoms with Crippen LogP contribution in [0.2, 0.25) is 0 Å². The Hall–Kier alpha value is -1.78. The molecule has 58 valence electrons. The van der Waals surface area contributed by atoms with Gasteiger partial charge in [0.1, 0.15) is 5.69 Å². The van der Waals surface area contributed by atoms with Gasteiger partial charge in [-0.2, -0.15) is 0 Å². The number of benzene rings is 1. The summed E-state index contributed by atoms with van der Waals surface area (Å²) in [5.74, 6) is 0. The van der Waals surface area contributed by atoms with Crippen LogP contribution in [0.1, 0.15) is 0 Å². The third-order valence-corrected chi connectivity index (χ3v) is 1.17. The lowest BCUT2D eigenvalue weighted by atomic mass is 10.3. The number of hydrogen-bond acceptors (Lipinski definition) is 3. The number of nitrogens with one attached hydrogen (secondary N) is 1. The highest BCUT2D eigenvalue weighted by Gasteiger charge is 2.00. The molecule has 0 saturated carbocycles. The largest absolute Gasteiger partial charge is 0.397 e. The summed E-state index contributed by atoms with van der Waals surface area (Å²) in [4.78, 5) is 9.96. The highest BCUT2D eigenvalue weighted by atomic mass is 16.7. The molecule has 5 nitrogen and oxygen atoms in total. The molecule has 0 spiro atoms. The van der Waals surface area contributed by atoms with Gasteiger partial charge in [0.2, 0.25) is 0 Å². The second-order valence-corrected chi connectivity index (χ2v) is 1.96. The summed E-state index contributed by atoms with van der Waals surface area (Å²) in [5.41, 5.74) is 8.05. The molecule has 0 aliphatic carbocycles. The van der Waals surface area contributed by atoms with Gasteiger partial charge in [0.15, 0.2) is 5.03 Å². The number of hydrogen-bond donors (Lipinski definition) is 2. The van der Waals surface area contributed by atoms with Crippen molar-refractivity contribution < 1.29 is 5.03 Å². The summed E-state index contributed by atoms with van der Waals surface area (Å²) in [5, 5.41) is 9.31. The molecule has 0 unspecified atom stereocenters. The Morgan fingerprint density at radius 1 is 1.45 bits per heavy atom. The van der Waals surface area contributed by atoms with E-state index in [1.54, 1.807) is 18.2 Å². The fraction of sp³-hybridized carbons (Fsp3) is 0. The molecule has 5 heteroatoms. The van der Waals surface area contributed by atoms with Gasteiger partial charge >= 0.3 is 0 Å². The Balaban J connectivity index is 2.86. The lowest BCUT2D eigenvalue weighted by Crippen LogP contribution is -2.09. The van der Waals surface area contributed by atoms with E-state index in [9.17, 15) is 10.1 Å². The number of nitrogens with zero attached hydrogens (tertiary/aromatic N) is 1. The lowest BCUT2D eigenvalue weighted by Gasteiger charge is -1.99. The smallest absolute Gasteiger partial charge is 0.162 e. The van der Waals surface area contributed by atoms with E-state index in [2.05, 4.69) is 0 Å². The van der Waals surface area contributed by atoms with Crippen LogP contribution < -0.4 is 11.2 Å². The fourth-order valence-corrected chi connectivity index (χ4v) is 0.697. The Bertz CT molecular complexity index is 274. The Labute approximate surface area is 62.9 Å². The predicted molar refractivity (Wildman–Crippen MR) is 41.5 cm³/mol. The Kier molecular flexibility index (Phi) is 1.91. The number of nitrogens with two attached hydrogens (primary N) is 1. The zero-order valence-corrected chi connectivity index (χ0v) is 5.65. The maximum absolute atomic E-state index is 9.96. The maximum Gasteiger partial charge on any atom is 0.162 e. The van der Waals surface area contributed by atoms with E-state index in [-0.39, 0.29) is 0 Å². The van der Waals surface area contributed by atoms with Gasteiger partial charge in [0, 0.05) is 0 Å². The molecule has 0 aliphatic rings. The van der Waals surface area contributed by atoms with Crippen molar-refractivity contribution in [3.05, 3.63) is 34.4 Å². The van der Waals surface area contributed by atoms with Crippen LogP contribution in [0.4, 0.5) is 11.4 Å². The number of rotatable bonds is 2. The molecule has 0 fully saturated rings. The summed E-state index contributed by atoms with van der Waals surface area (Å²) >= 11 is 0. The third kappa shape index (κ3) is 1.82. The van der Waals surface area contributed by atoms with E-state index in [0.29, 0.717) is 11.4 Å². The molecule has 0 heterocycles. The van der Waals surface area contributed by atoms with Crippen LogP contribution in [0.25, 0.3) is 0 Å². The van der Waals surface area contributed by atoms with Crippen LogP contribution in [-0.2, 0) is 0 Å². The molecule has 1 rings (SSSR count). The van der Waals surface area contributed by atoms with Crippen molar-refractivity contribution in [2.24, 2.45) is 0 Å². The molecule has 3 N–H and O–H groups in total. The maximum atomic E-state index is 9.96. The van der Waals surface area contributed by atoms with Crippen molar-refractivity contribution in [1.82, 2.24) is 0 Å². The zero-order chi connectivity index (χ0) is 8.27. The van der Waals surface area contributed by atoms with Crippen LogP contribution in [0.5, 0.6) is 0 Å². The number of nitro groups is 1. The van der Waals surface area contributed by atoms with E-state index < -0.39 is 5.03 Å². The summed E-state index contributed by atoms with van der Waals surface area (Å²) in [6.45, 7) is 0. The first-order valence-electron chi connectivity index (χ1n) is 2.95. The van der Waals surface area contributed by atoms with Gasteiger partial charge in [-0.15, -0.1) is 5.43 Å². The van der Waals surface area contributed by atoms with Gasteiger partial charge in [-0.3, -0.25) is 0 Å². The summed E-state index contributed by atoms with van der Waals surface area (Å²) in [7, 11) is 0. The molecule has 0 atom stereocenters. The average Bonchev–Trinajstić information content (AvgIpc) is 1.93. The van der Waals surface area contributed by atoms with Crippen LogP contribution in [0.3, 0.4) is 0 Å². The van der Waals surface area contributed by atoms with Crippen LogP contribution in [0.15, 0.2) is 24.3 Å². The first-order chi connectivity index (χ1) is 5.20. The van der Waals surface area contributed by atoms with Crippen molar-refractivity contribution in [2.45, 2.75) is 0 Å². The molecule has 0 amide bonds. The predicted octanol–water partition coefficient (Wildman–Crippen LogP) is 0.872. The number of hydrazine groups is 1. The van der Waals surface area contributed by atoms with Crippen molar-refractivity contribution >= 4 is 11.4 Å². The van der Waals surface area contributed by atoms with Crippen molar-refractivity contribution in [2.75, 3.05) is 11.2 Å². The topological polar surface area (TPSA) is 81.2 Å². The summed E-state index contributed by atoms with van der Waals surface area (Å²) in [6.07, 6.45) is 0. The molecule has 1 aromatic rings. The van der Waals surface area contributed by atoms with Gasteiger partial charge < -0.3 is 5.73 Å². The second kappa shape index (κ2) is 2.87. The van der Waals surface area contributed by atoms with Gasteiger partial charge in [-0.05, 0) is 12.1 Å². The van der Waals surface area contributed by atoms with Gasteiger partial charge in [-0.1, -0.05) is 12.1 Å². The molecule has 1 aromatic carbocycles. The Morgan fingerprint density at radius 3 is 2.64 bits per heavy atom. The first kappa shape index (κ1) is 7.33. The molecule has 0 saturated heterocycles. The second-order valence-electron chi connectivity index (χ2n) is 1.96. The molecule has 0 radical (unpaired) electrons. The molecular weight excluding hydrogens is 146 g/mol. The zero-order valence-electron chi connectivity index (χ0n) is 5.65. The van der Waals surface area contributed by atoms with E-state index in [0.717, 1.165) is 0 Å². The lowest BCUT2D eigenvalue weighted by molar-refractivity contribution is -0.445. The minimum atomic E-state index is -0.647. The van der Waals surface area contributed by atoms with E-state index >= 15 is 0 Å². The van der Waals surface area contributed by atoms with Crippen molar-refractivity contribution in [3.63, 3.8) is 0 Å². The van der Waals surface area contributed by atoms with Gasteiger partial charge in [0.05, 0.1) is 5.69 Å². The Morgan fingerprint density at radius 2 is 2.09 bits per heavy atom. The minimum Gasteiger partial charge on any atom is -0.397 e. The average molecular weight is 153 g/mol. The number of anilines is 2. The van der Waals surface area contributed by atoms with Crippen LogP contribution >= 0.6 is 0 Å². The minimum absolute atomic E-state index is 0.317. The van der Waals surface area contributed by atoms with Crippen molar-refractivity contribution in [1.29, 1.82) is 0 Å². The van der Waals surface area contributed by atoms with E-state index in [1.807, 2.05) is 5.43 Å². The van der Waals surface area contributed by atoms with E-state index in [1.165, 1.54) is 6.07 Å². The quantitative estimate of drug-likeness (QED) is 0.375. The monoisotopic (exact) mass is 153 g/mol. The van der Waals surface area contributed by atoms with E-state index in [4.69, 9.17) is 5.73 Å². The molecule has 0 aromatic heterocycles. The molecular formula is C6H7N3O2. The number of para-hydroxylation sites is 2.